The zero-order valence-electron chi connectivity index (χ0n) is 16.6. The second-order valence-electron chi connectivity index (χ2n) is 6.51. The molecule has 2 N–H and O–H groups in total. The van der Waals surface area contributed by atoms with E-state index in [1.807, 2.05) is 0 Å². The molecule has 0 radical (unpaired) electrons. The monoisotopic (exact) mass is 429 g/mol. The first-order valence-electron chi connectivity index (χ1n) is 9.09. The molecule has 0 unspecified atom stereocenters. The van der Waals surface area contributed by atoms with Gasteiger partial charge in [0, 0.05) is 11.3 Å². The molecule has 2 aromatic carbocycles. The van der Waals surface area contributed by atoms with Crippen molar-refractivity contribution in [3.8, 4) is 5.75 Å². The molecule has 160 valence electrons. The number of benzene rings is 2. The lowest BCUT2D eigenvalue weighted by molar-refractivity contribution is -0.141. The Morgan fingerprint density at radius 2 is 1.58 bits per heavy atom. The van der Waals surface area contributed by atoms with Crippen LogP contribution in [0.4, 0.5) is 24.5 Å². The number of carbonyl (C=O) groups is 2. The van der Waals surface area contributed by atoms with E-state index in [-0.39, 0.29) is 17.2 Å². The van der Waals surface area contributed by atoms with E-state index >= 15 is 0 Å². The zero-order valence-corrected chi connectivity index (χ0v) is 16.6. The van der Waals surface area contributed by atoms with Crippen molar-refractivity contribution in [3.05, 3.63) is 83.2 Å². The molecule has 0 fully saturated rings. The Labute approximate surface area is 176 Å². The van der Waals surface area contributed by atoms with E-state index in [4.69, 9.17) is 4.74 Å². The molecule has 0 saturated heterocycles. The Bertz CT molecular complexity index is 1110. The van der Waals surface area contributed by atoms with Crippen LogP contribution in [0.5, 0.6) is 5.75 Å². The molecule has 0 aliphatic heterocycles. The third-order valence-electron chi connectivity index (χ3n) is 4.38. The predicted octanol–water partition coefficient (Wildman–Crippen LogP) is 4.92. The maximum Gasteiger partial charge on any atom is 0.433 e. The Morgan fingerprint density at radius 3 is 2.19 bits per heavy atom. The number of aromatic nitrogens is 1. The van der Waals surface area contributed by atoms with E-state index in [1.165, 1.54) is 38.3 Å². The summed E-state index contributed by atoms with van der Waals surface area (Å²) < 4.78 is 43.4. The number of alkyl halides is 3. The van der Waals surface area contributed by atoms with Gasteiger partial charge in [-0.15, -0.1) is 0 Å². The van der Waals surface area contributed by atoms with Gasteiger partial charge in [0.15, 0.2) is 0 Å². The topological polar surface area (TPSA) is 80.3 Å². The van der Waals surface area contributed by atoms with Crippen LogP contribution in [0, 0.1) is 6.92 Å². The summed E-state index contributed by atoms with van der Waals surface area (Å²) in [4.78, 5) is 28.3. The molecule has 9 heteroatoms. The van der Waals surface area contributed by atoms with Gasteiger partial charge in [0.2, 0.25) is 0 Å². The van der Waals surface area contributed by atoms with Crippen molar-refractivity contribution in [1.29, 1.82) is 0 Å². The van der Waals surface area contributed by atoms with Gasteiger partial charge < -0.3 is 15.4 Å². The average Bonchev–Trinajstić information content (AvgIpc) is 2.73. The fraction of sp³-hybridized carbons (Fsp3) is 0.136. The largest absolute Gasteiger partial charge is 0.495 e. The van der Waals surface area contributed by atoms with Gasteiger partial charge in [-0.05, 0) is 55.5 Å². The molecule has 0 aliphatic carbocycles. The molecule has 6 nitrogen and oxygen atoms in total. The minimum atomic E-state index is -4.58. The highest BCUT2D eigenvalue weighted by Crippen LogP contribution is 2.28. The Balaban J connectivity index is 1.69. The van der Waals surface area contributed by atoms with Crippen LogP contribution < -0.4 is 15.4 Å². The molecule has 1 heterocycles. The molecule has 0 spiro atoms. The minimum Gasteiger partial charge on any atom is -0.495 e. The van der Waals surface area contributed by atoms with Crippen LogP contribution in [0.1, 0.15) is 32.1 Å². The summed E-state index contributed by atoms with van der Waals surface area (Å²) in [7, 11) is 1.50. The highest BCUT2D eigenvalue weighted by atomic mass is 19.4. The maximum absolute atomic E-state index is 12.7. The van der Waals surface area contributed by atoms with Gasteiger partial charge in [-0.3, -0.25) is 9.59 Å². The summed E-state index contributed by atoms with van der Waals surface area (Å²) in [5.41, 5.74) is 0.144. The summed E-state index contributed by atoms with van der Waals surface area (Å²) in [6.07, 6.45) is -4.58. The van der Waals surface area contributed by atoms with Gasteiger partial charge in [0.25, 0.3) is 11.8 Å². The van der Waals surface area contributed by atoms with Gasteiger partial charge in [0.1, 0.15) is 11.4 Å². The molecule has 31 heavy (non-hydrogen) atoms. The number of hydrogen-bond acceptors (Lipinski definition) is 4. The van der Waals surface area contributed by atoms with Crippen LogP contribution in [0.15, 0.2) is 60.7 Å². The summed E-state index contributed by atoms with van der Waals surface area (Å²) in [5.74, 6) is -0.463. The number of nitrogens with one attached hydrogen (secondary N) is 2. The summed E-state index contributed by atoms with van der Waals surface area (Å²) in [6, 6.07) is 14.8. The number of anilines is 2. The summed E-state index contributed by atoms with van der Waals surface area (Å²) >= 11 is 0. The predicted molar refractivity (Wildman–Crippen MR) is 109 cm³/mol. The van der Waals surface area contributed by atoms with Gasteiger partial charge in [-0.2, -0.15) is 13.2 Å². The molecule has 0 atom stereocenters. The standard InChI is InChI=1S/C22H18F3N3O3/c1-13-16(11-12-19(26-13)22(23,24)25)21(30)27-15-9-7-14(8-10-15)20(29)28-17-5-3-4-6-18(17)31-2/h3-12H,1-2H3,(H,27,30)(H,28,29). The van der Waals surface area contributed by atoms with Crippen molar-refractivity contribution < 1.29 is 27.5 Å². The van der Waals surface area contributed by atoms with Crippen molar-refractivity contribution in [2.24, 2.45) is 0 Å². The van der Waals surface area contributed by atoms with Crippen molar-refractivity contribution in [1.82, 2.24) is 4.98 Å². The Hall–Kier alpha value is -3.88. The fourth-order valence-electron chi connectivity index (χ4n) is 2.80. The van der Waals surface area contributed by atoms with E-state index in [1.54, 1.807) is 24.3 Å². The first-order chi connectivity index (χ1) is 14.7. The van der Waals surface area contributed by atoms with Crippen molar-refractivity contribution in [2.45, 2.75) is 13.1 Å². The van der Waals surface area contributed by atoms with Crippen molar-refractivity contribution in [3.63, 3.8) is 0 Å². The molecule has 3 rings (SSSR count). The summed E-state index contributed by atoms with van der Waals surface area (Å²) in [5, 5.41) is 5.32. The van der Waals surface area contributed by atoms with Crippen LogP contribution in [0.3, 0.4) is 0 Å². The number of pyridine rings is 1. The van der Waals surface area contributed by atoms with Crippen LogP contribution in [0.25, 0.3) is 0 Å². The third kappa shape index (κ3) is 5.19. The second kappa shape index (κ2) is 8.86. The lowest BCUT2D eigenvalue weighted by atomic mass is 10.1. The van der Waals surface area contributed by atoms with Crippen LogP contribution in [-0.4, -0.2) is 23.9 Å². The number of para-hydroxylation sites is 2. The number of amides is 2. The Kier molecular flexibility index (Phi) is 6.24. The molecule has 0 saturated carbocycles. The van der Waals surface area contributed by atoms with Gasteiger partial charge in [-0.1, -0.05) is 12.1 Å². The highest BCUT2D eigenvalue weighted by Gasteiger charge is 2.33. The van der Waals surface area contributed by atoms with E-state index in [0.29, 0.717) is 22.7 Å². The number of nitrogens with zero attached hydrogens (tertiary/aromatic N) is 1. The van der Waals surface area contributed by atoms with E-state index < -0.39 is 17.8 Å². The van der Waals surface area contributed by atoms with Gasteiger partial charge >= 0.3 is 6.18 Å². The first kappa shape index (κ1) is 21.8. The molecular formula is C22H18F3N3O3. The molecular weight excluding hydrogens is 411 g/mol. The lowest BCUT2D eigenvalue weighted by Crippen LogP contribution is -2.17. The number of methoxy groups -OCH3 is 1. The average molecular weight is 429 g/mol. The van der Waals surface area contributed by atoms with Crippen molar-refractivity contribution >= 4 is 23.2 Å². The zero-order chi connectivity index (χ0) is 22.6. The number of rotatable bonds is 5. The summed E-state index contributed by atoms with van der Waals surface area (Å²) in [6.45, 7) is 1.33. The molecule has 0 aliphatic rings. The quantitative estimate of drug-likeness (QED) is 0.603. The number of ether oxygens (including phenoxy) is 1. The van der Waals surface area contributed by atoms with E-state index in [9.17, 15) is 22.8 Å². The fourth-order valence-corrected chi connectivity index (χ4v) is 2.80. The maximum atomic E-state index is 12.7. The van der Waals surface area contributed by atoms with E-state index in [0.717, 1.165) is 12.1 Å². The number of carbonyl (C=O) groups excluding carboxylic acids is 2. The molecule has 1 aromatic heterocycles. The lowest BCUT2D eigenvalue weighted by Gasteiger charge is -2.11. The smallest absolute Gasteiger partial charge is 0.433 e. The van der Waals surface area contributed by atoms with Crippen LogP contribution in [-0.2, 0) is 6.18 Å². The number of hydrogen-bond donors (Lipinski definition) is 2. The molecule has 2 amide bonds. The third-order valence-corrected chi connectivity index (χ3v) is 4.38. The Morgan fingerprint density at radius 1 is 0.903 bits per heavy atom. The molecule has 3 aromatic rings. The van der Waals surface area contributed by atoms with Crippen LogP contribution >= 0.6 is 0 Å². The van der Waals surface area contributed by atoms with E-state index in [2.05, 4.69) is 15.6 Å². The number of halogens is 3. The van der Waals surface area contributed by atoms with Crippen molar-refractivity contribution in [2.75, 3.05) is 17.7 Å². The minimum absolute atomic E-state index is 0.0194. The molecule has 0 bridgehead atoms. The first-order valence-corrected chi connectivity index (χ1v) is 9.09. The van der Waals surface area contributed by atoms with Gasteiger partial charge in [-0.25, -0.2) is 4.98 Å². The van der Waals surface area contributed by atoms with Gasteiger partial charge in [0.05, 0.1) is 24.1 Å². The van der Waals surface area contributed by atoms with Crippen LogP contribution in [0.2, 0.25) is 0 Å². The second-order valence-corrected chi connectivity index (χ2v) is 6.51. The SMILES string of the molecule is COc1ccccc1NC(=O)c1ccc(NC(=O)c2ccc(C(F)(F)F)nc2C)cc1. The number of aryl methyl sites for hydroxylation is 1. The normalized spacial score (nSPS) is 11.0. The highest BCUT2D eigenvalue weighted by molar-refractivity contribution is 6.07.